The van der Waals surface area contributed by atoms with Crippen molar-refractivity contribution < 1.29 is 14.5 Å². The second-order valence-electron chi connectivity index (χ2n) is 6.36. The number of benzene rings is 2. The molecule has 0 amide bonds. The van der Waals surface area contributed by atoms with E-state index in [0.29, 0.717) is 19.3 Å². The molecule has 2 aromatic carbocycles. The predicted octanol–water partition coefficient (Wildman–Crippen LogP) is 4.92. The monoisotopic (exact) mass is 387 g/mol. The zero-order valence-electron chi connectivity index (χ0n) is 16.2. The zero-order chi connectivity index (χ0) is 21.1. The fraction of sp³-hybridized carbons (Fsp3) is 0.208. The lowest BCUT2D eigenvalue weighted by molar-refractivity contribution is -0.384. The molecule has 0 spiro atoms. The van der Waals surface area contributed by atoms with Gasteiger partial charge in [0, 0.05) is 37.0 Å². The summed E-state index contributed by atoms with van der Waals surface area (Å²) in [5.74, 6) is 11.5. The second kappa shape index (κ2) is 11.1. The van der Waals surface area contributed by atoms with Crippen LogP contribution in [-0.2, 0) is 4.74 Å². The van der Waals surface area contributed by atoms with E-state index < -0.39 is 17.0 Å². The Hall–Kier alpha value is -3.83. The van der Waals surface area contributed by atoms with Crippen LogP contribution in [0.1, 0.15) is 42.1 Å². The number of nitrogens with zero attached hydrogens (tertiary/aromatic N) is 1. The van der Waals surface area contributed by atoms with Gasteiger partial charge in [-0.3, -0.25) is 10.1 Å². The zero-order valence-corrected chi connectivity index (χ0v) is 16.2. The molecule has 0 saturated carbocycles. The first kappa shape index (κ1) is 21.5. The van der Waals surface area contributed by atoms with Crippen molar-refractivity contribution in [1.82, 2.24) is 0 Å². The minimum atomic E-state index is -0.623. The Labute approximate surface area is 170 Å². The number of hydrogen-bond acceptors (Lipinski definition) is 4. The molecule has 0 aliphatic heterocycles. The number of carbonyl (C=O) groups is 1. The first-order valence-electron chi connectivity index (χ1n) is 9.08. The van der Waals surface area contributed by atoms with E-state index in [-0.39, 0.29) is 11.3 Å². The fourth-order valence-electron chi connectivity index (χ4n) is 2.28. The normalized spacial score (nSPS) is 10.5. The van der Waals surface area contributed by atoms with Crippen molar-refractivity contribution in [2.75, 3.05) is 0 Å². The van der Waals surface area contributed by atoms with Gasteiger partial charge in [0.2, 0.25) is 0 Å². The van der Waals surface area contributed by atoms with Crippen molar-refractivity contribution in [3.8, 4) is 23.7 Å². The molecule has 1 atom stereocenters. The van der Waals surface area contributed by atoms with Crippen LogP contribution in [0.4, 0.5) is 5.69 Å². The third kappa shape index (κ3) is 7.74. The molecule has 0 aromatic heterocycles. The first-order valence-corrected chi connectivity index (χ1v) is 9.08. The third-order valence-corrected chi connectivity index (χ3v) is 3.75. The molecule has 5 nitrogen and oxygen atoms in total. The molecule has 0 saturated heterocycles. The summed E-state index contributed by atoms with van der Waals surface area (Å²) in [5.41, 5.74) is 1.98. The van der Waals surface area contributed by atoms with E-state index in [1.165, 1.54) is 24.3 Å². The number of rotatable bonds is 6. The van der Waals surface area contributed by atoms with E-state index in [0.717, 1.165) is 11.1 Å². The lowest BCUT2D eigenvalue weighted by Gasteiger charge is -2.11. The maximum absolute atomic E-state index is 12.4. The Balaban J connectivity index is 2.03. The van der Waals surface area contributed by atoms with Crippen LogP contribution in [0, 0.1) is 33.8 Å². The Bertz CT molecular complexity index is 986. The summed E-state index contributed by atoms with van der Waals surface area (Å²) in [7, 11) is 0. The number of ether oxygens (including phenoxy) is 1. The van der Waals surface area contributed by atoms with Gasteiger partial charge in [0.25, 0.3) is 5.69 Å². The molecular weight excluding hydrogens is 366 g/mol. The number of nitro benzene ring substituents is 1. The van der Waals surface area contributed by atoms with E-state index in [9.17, 15) is 14.9 Å². The van der Waals surface area contributed by atoms with Gasteiger partial charge < -0.3 is 4.74 Å². The van der Waals surface area contributed by atoms with Gasteiger partial charge in [-0.1, -0.05) is 54.0 Å². The summed E-state index contributed by atoms with van der Waals surface area (Å²) in [6, 6.07) is 14.9. The van der Waals surface area contributed by atoms with Crippen LogP contribution in [0.3, 0.4) is 0 Å². The third-order valence-electron chi connectivity index (χ3n) is 3.75. The van der Waals surface area contributed by atoms with Crippen molar-refractivity contribution in [2.24, 2.45) is 0 Å². The molecule has 0 fully saturated rings. The Morgan fingerprint density at radius 2 is 1.83 bits per heavy atom. The maximum Gasteiger partial charge on any atom is 0.339 e. The molecule has 0 radical (unpaired) electrons. The van der Waals surface area contributed by atoms with E-state index >= 15 is 0 Å². The maximum atomic E-state index is 12.4. The summed E-state index contributed by atoms with van der Waals surface area (Å²) in [4.78, 5) is 22.6. The molecule has 0 N–H and O–H groups in total. The first-order chi connectivity index (χ1) is 14.0. The van der Waals surface area contributed by atoms with Crippen molar-refractivity contribution in [3.05, 3.63) is 88.0 Å². The molecule has 2 rings (SSSR count). The fourth-order valence-corrected chi connectivity index (χ4v) is 2.28. The summed E-state index contributed by atoms with van der Waals surface area (Å²) in [6.07, 6.45) is 0.861. The summed E-state index contributed by atoms with van der Waals surface area (Å²) >= 11 is 0. The van der Waals surface area contributed by atoms with Gasteiger partial charge in [-0.25, -0.2) is 4.79 Å². The van der Waals surface area contributed by atoms with Crippen molar-refractivity contribution in [3.63, 3.8) is 0 Å². The molecule has 146 valence electrons. The topological polar surface area (TPSA) is 69.4 Å². The highest BCUT2D eigenvalue weighted by molar-refractivity contribution is 5.89. The van der Waals surface area contributed by atoms with Crippen molar-refractivity contribution in [2.45, 2.75) is 32.3 Å². The van der Waals surface area contributed by atoms with Crippen LogP contribution < -0.4 is 0 Å². The van der Waals surface area contributed by atoms with Crippen molar-refractivity contribution in [1.29, 1.82) is 0 Å². The largest absolute Gasteiger partial charge is 0.446 e. The van der Waals surface area contributed by atoms with E-state index in [4.69, 9.17) is 4.74 Å². The molecule has 2 aromatic rings. The summed E-state index contributed by atoms with van der Waals surface area (Å²) in [6.45, 7) is 5.68. The molecule has 29 heavy (non-hydrogen) atoms. The molecule has 0 aliphatic carbocycles. The Kier molecular flexibility index (Phi) is 8.23. The van der Waals surface area contributed by atoms with Gasteiger partial charge in [-0.15, -0.1) is 0 Å². The van der Waals surface area contributed by atoms with E-state index in [1.807, 2.05) is 37.3 Å². The van der Waals surface area contributed by atoms with Crippen LogP contribution in [-0.4, -0.2) is 17.0 Å². The molecule has 0 bridgehead atoms. The van der Waals surface area contributed by atoms with Gasteiger partial charge >= 0.3 is 5.97 Å². The van der Waals surface area contributed by atoms with E-state index in [2.05, 4.69) is 30.3 Å². The Morgan fingerprint density at radius 3 is 2.45 bits per heavy atom. The number of nitro groups is 1. The van der Waals surface area contributed by atoms with Gasteiger partial charge in [0.15, 0.2) is 6.10 Å². The van der Waals surface area contributed by atoms with Crippen LogP contribution in [0.15, 0.2) is 66.7 Å². The van der Waals surface area contributed by atoms with Crippen LogP contribution in [0.5, 0.6) is 0 Å². The molecule has 1 unspecified atom stereocenters. The van der Waals surface area contributed by atoms with Crippen molar-refractivity contribution >= 4 is 11.7 Å². The highest BCUT2D eigenvalue weighted by atomic mass is 16.6. The van der Waals surface area contributed by atoms with Crippen LogP contribution in [0.2, 0.25) is 0 Å². The average Bonchev–Trinajstić information content (AvgIpc) is 2.71. The van der Waals surface area contributed by atoms with Gasteiger partial charge in [-0.05, 0) is 31.2 Å². The number of non-ortho nitro benzene ring substituents is 1. The summed E-state index contributed by atoms with van der Waals surface area (Å²) < 4.78 is 5.49. The van der Waals surface area contributed by atoms with Gasteiger partial charge in [0.05, 0.1) is 10.5 Å². The molecular formula is C24H21NO4. The molecule has 0 aliphatic rings. The highest BCUT2D eigenvalue weighted by Gasteiger charge is 2.15. The number of esters is 1. The Morgan fingerprint density at radius 1 is 1.14 bits per heavy atom. The summed E-state index contributed by atoms with van der Waals surface area (Å²) in [5, 5.41) is 10.7. The van der Waals surface area contributed by atoms with Gasteiger partial charge in [-0.2, -0.15) is 0 Å². The van der Waals surface area contributed by atoms with E-state index in [1.54, 1.807) is 0 Å². The minimum absolute atomic E-state index is 0.0875. The molecule has 0 heterocycles. The molecule has 5 heteroatoms. The average molecular weight is 387 g/mol. The van der Waals surface area contributed by atoms with Crippen LogP contribution in [0.25, 0.3) is 0 Å². The van der Waals surface area contributed by atoms with Gasteiger partial charge in [0.1, 0.15) is 0 Å². The SMILES string of the molecule is C=C(C)CC#CC(CCC#Cc1ccccc1)OC(=O)c1ccc([N+](=O)[O-])cc1. The van der Waals surface area contributed by atoms with Crippen LogP contribution >= 0.6 is 0 Å². The number of allylic oxidation sites excluding steroid dienone is 1. The lowest BCUT2D eigenvalue weighted by atomic mass is 10.1. The highest BCUT2D eigenvalue weighted by Crippen LogP contribution is 2.14. The quantitative estimate of drug-likeness (QED) is 0.232. The predicted molar refractivity (Wildman–Crippen MR) is 112 cm³/mol. The number of hydrogen-bond donors (Lipinski definition) is 0. The lowest BCUT2D eigenvalue weighted by Crippen LogP contribution is -2.16. The minimum Gasteiger partial charge on any atom is -0.446 e. The number of carbonyl (C=O) groups excluding carboxylic acids is 1. The second-order valence-corrected chi connectivity index (χ2v) is 6.36. The standard InChI is InChI=1S/C24H21NO4/c1-19(2)9-8-14-23(13-7-6-12-20-10-4-3-5-11-20)29-24(26)21-15-17-22(18-16-21)25(27)28/h3-5,10-11,15-18,23H,1,7,9,13H2,2H3. The smallest absolute Gasteiger partial charge is 0.339 e.